The smallest absolute Gasteiger partial charge is 0.399 e. The third-order valence-corrected chi connectivity index (χ3v) is 6.84. The number of nitrogens with one attached hydrogen (secondary N) is 1. The monoisotopic (exact) mass is 488 g/mol. The molecule has 3 atom stereocenters. The minimum atomic E-state index is -4.51. The SMILES string of the molecule is Cc1nc(N[C@H](C)c2cc(N)cc(C(F)(F)F)c2)c2cc(N3C4CCC3COC4)c(=O)n(C)c2n1. The lowest BCUT2D eigenvalue weighted by Crippen LogP contribution is -2.48. The van der Waals surface area contributed by atoms with E-state index in [1.165, 1.54) is 10.6 Å². The molecular weight excluding hydrogens is 461 g/mol. The molecule has 0 amide bonds. The maximum Gasteiger partial charge on any atom is 0.416 e. The van der Waals surface area contributed by atoms with Gasteiger partial charge in [-0.05, 0) is 56.5 Å². The van der Waals surface area contributed by atoms with Gasteiger partial charge in [0.15, 0.2) is 0 Å². The van der Waals surface area contributed by atoms with E-state index in [0.29, 0.717) is 47.1 Å². The first-order valence-electron chi connectivity index (χ1n) is 11.5. The number of aromatic nitrogens is 3. The highest BCUT2D eigenvalue weighted by atomic mass is 19.4. The Kier molecular flexibility index (Phi) is 5.62. The van der Waals surface area contributed by atoms with Gasteiger partial charge in [0.25, 0.3) is 5.56 Å². The van der Waals surface area contributed by atoms with Crippen molar-refractivity contribution < 1.29 is 17.9 Å². The highest BCUT2D eigenvalue weighted by Gasteiger charge is 2.39. The number of ether oxygens (including phenoxy) is 1. The van der Waals surface area contributed by atoms with Gasteiger partial charge in [-0.2, -0.15) is 13.2 Å². The lowest BCUT2D eigenvalue weighted by Gasteiger charge is -2.36. The Hall–Kier alpha value is -3.34. The maximum absolute atomic E-state index is 13.3. The Labute approximate surface area is 199 Å². The van der Waals surface area contributed by atoms with Crippen molar-refractivity contribution in [3.63, 3.8) is 0 Å². The summed E-state index contributed by atoms with van der Waals surface area (Å²) >= 11 is 0. The Bertz CT molecular complexity index is 1340. The van der Waals surface area contributed by atoms with E-state index >= 15 is 0 Å². The summed E-state index contributed by atoms with van der Waals surface area (Å²) in [6.07, 6.45) is -2.60. The van der Waals surface area contributed by atoms with Gasteiger partial charge in [-0.3, -0.25) is 9.36 Å². The van der Waals surface area contributed by atoms with Crippen LogP contribution in [0.5, 0.6) is 0 Å². The van der Waals surface area contributed by atoms with Gasteiger partial charge in [-0.25, -0.2) is 9.97 Å². The van der Waals surface area contributed by atoms with Crippen molar-refractivity contribution in [1.29, 1.82) is 0 Å². The summed E-state index contributed by atoms with van der Waals surface area (Å²) in [4.78, 5) is 24.5. The number of hydrogen-bond donors (Lipinski definition) is 2. The molecule has 0 spiro atoms. The summed E-state index contributed by atoms with van der Waals surface area (Å²) < 4.78 is 47.2. The molecule has 2 aromatic heterocycles. The minimum Gasteiger partial charge on any atom is -0.399 e. The summed E-state index contributed by atoms with van der Waals surface area (Å²) in [5, 5.41) is 3.85. The van der Waals surface area contributed by atoms with E-state index < -0.39 is 17.8 Å². The predicted octanol–water partition coefficient (Wildman–Crippen LogP) is 3.78. The van der Waals surface area contributed by atoms with Crippen LogP contribution in [0.2, 0.25) is 0 Å². The summed E-state index contributed by atoms with van der Waals surface area (Å²) in [6.45, 7) is 4.59. The fourth-order valence-electron chi connectivity index (χ4n) is 5.12. The van der Waals surface area contributed by atoms with Crippen LogP contribution in [0.3, 0.4) is 0 Å². The second-order valence-electron chi connectivity index (χ2n) is 9.33. The van der Waals surface area contributed by atoms with E-state index in [-0.39, 0.29) is 23.3 Å². The summed E-state index contributed by atoms with van der Waals surface area (Å²) in [7, 11) is 1.67. The zero-order chi connectivity index (χ0) is 25.1. The number of nitrogens with two attached hydrogens (primary N) is 1. The average molecular weight is 489 g/mol. The zero-order valence-corrected chi connectivity index (χ0v) is 19.7. The van der Waals surface area contributed by atoms with Crippen LogP contribution in [0.25, 0.3) is 11.0 Å². The number of anilines is 3. The highest BCUT2D eigenvalue weighted by Crippen LogP contribution is 2.36. The number of nitrogen functional groups attached to an aromatic ring is 1. The van der Waals surface area contributed by atoms with Gasteiger partial charge in [-0.1, -0.05) is 0 Å². The number of aryl methyl sites for hydroxylation is 2. The van der Waals surface area contributed by atoms with Crippen LogP contribution in [-0.2, 0) is 18.0 Å². The number of morpholine rings is 1. The van der Waals surface area contributed by atoms with Crippen LogP contribution in [0.4, 0.5) is 30.4 Å². The van der Waals surface area contributed by atoms with E-state index in [2.05, 4.69) is 20.2 Å². The molecule has 3 N–H and O–H groups in total. The lowest BCUT2D eigenvalue weighted by atomic mass is 10.0. The molecule has 2 fully saturated rings. The van der Waals surface area contributed by atoms with Gasteiger partial charge in [0, 0.05) is 12.7 Å². The molecule has 35 heavy (non-hydrogen) atoms. The Balaban J connectivity index is 1.59. The van der Waals surface area contributed by atoms with E-state index in [0.717, 1.165) is 25.0 Å². The van der Waals surface area contributed by atoms with Crippen molar-refractivity contribution in [2.24, 2.45) is 7.05 Å². The molecule has 2 aliphatic heterocycles. The fourth-order valence-corrected chi connectivity index (χ4v) is 5.12. The van der Waals surface area contributed by atoms with Crippen LogP contribution in [0.1, 0.15) is 42.8 Å². The first-order chi connectivity index (χ1) is 16.5. The van der Waals surface area contributed by atoms with Gasteiger partial charge >= 0.3 is 6.18 Å². The Morgan fingerprint density at radius 3 is 2.49 bits per heavy atom. The first kappa shape index (κ1) is 23.4. The molecule has 186 valence electrons. The molecule has 11 heteroatoms. The third kappa shape index (κ3) is 4.18. The van der Waals surface area contributed by atoms with Crippen molar-refractivity contribution in [1.82, 2.24) is 14.5 Å². The van der Waals surface area contributed by atoms with Crippen LogP contribution in [0, 0.1) is 6.92 Å². The molecule has 0 aliphatic carbocycles. The van der Waals surface area contributed by atoms with E-state index in [1.807, 2.05) is 0 Å². The molecular formula is C24H27F3N6O2. The predicted molar refractivity (Wildman–Crippen MR) is 128 cm³/mol. The molecule has 2 aliphatic rings. The number of hydrogen-bond acceptors (Lipinski definition) is 7. The average Bonchev–Trinajstić information content (AvgIpc) is 3.02. The molecule has 3 aromatic rings. The van der Waals surface area contributed by atoms with Gasteiger partial charge in [-0.15, -0.1) is 0 Å². The van der Waals surface area contributed by atoms with Crippen LogP contribution in [0.15, 0.2) is 29.1 Å². The Morgan fingerprint density at radius 1 is 1.14 bits per heavy atom. The van der Waals surface area contributed by atoms with Gasteiger partial charge < -0.3 is 20.7 Å². The van der Waals surface area contributed by atoms with Gasteiger partial charge in [0.05, 0.1) is 42.3 Å². The zero-order valence-electron chi connectivity index (χ0n) is 19.7. The van der Waals surface area contributed by atoms with E-state index in [4.69, 9.17) is 10.5 Å². The summed E-state index contributed by atoms with van der Waals surface area (Å²) in [5.41, 5.74) is 6.21. The second kappa shape index (κ2) is 8.40. The molecule has 1 aromatic carbocycles. The van der Waals surface area contributed by atoms with Gasteiger partial charge in [0.2, 0.25) is 0 Å². The van der Waals surface area contributed by atoms with Crippen LogP contribution in [-0.4, -0.2) is 39.8 Å². The summed E-state index contributed by atoms with van der Waals surface area (Å²) in [5.74, 6) is 0.874. The molecule has 5 rings (SSSR count). The number of benzene rings is 1. The second-order valence-corrected chi connectivity index (χ2v) is 9.33. The van der Waals surface area contributed by atoms with Crippen molar-refractivity contribution in [2.45, 2.75) is 51.0 Å². The number of nitrogens with zero attached hydrogens (tertiary/aromatic N) is 4. The number of rotatable bonds is 4. The van der Waals surface area contributed by atoms with Crippen molar-refractivity contribution in [3.05, 3.63) is 51.6 Å². The van der Waals surface area contributed by atoms with E-state index in [1.54, 1.807) is 27.0 Å². The molecule has 2 saturated heterocycles. The van der Waals surface area contributed by atoms with Crippen molar-refractivity contribution in [3.8, 4) is 0 Å². The fraction of sp³-hybridized carbons (Fsp3) is 0.458. The molecule has 0 radical (unpaired) electrons. The quantitative estimate of drug-likeness (QED) is 0.540. The van der Waals surface area contributed by atoms with Crippen molar-refractivity contribution in [2.75, 3.05) is 29.2 Å². The third-order valence-electron chi connectivity index (χ3n) is 6.84. The molecule has 8 nitrogen and oxygen atoms in total. The van der Waals surface area contributed by atoms with Crippen molar-refractivity contribution >= 4 is 28.2 Å². The number of fused-ring (bicyclic) bond motifs is 3. The number of pyridine rings is 1. The molecule has 4 heterocycles. The number of halogens is 3. The normalized spacial score (nSPS) is 20.9. The van der Waals surface area contributed by atoms with Crippen LogP contribution < -0.4 is 21.5 Å². The Morgan fingerprint density at radius 2 is 1.83 bits per heavy atom. The topological polar surface area (TPSA) is 98.3 Å². The molecule has 2 unspecified atom stereocenters. The minimum absolute atomic E-state index is 0.0275. The first-order valence-corrected chi connectivity index (χ1v) is 11.5. The van der Waals surface area contributed by atoms with Crippen LogP contribution >= 0.6 is 0 Å². The number of alkyl halides is 3. The highest BCUT2D eigenvalue weighted by molar-refractivity contribution is 5.89. The molecule has 0 saturated carbocycles. The summed E-state index contributed by atoms with van der Waals surface area (Å²) in [6, 6.07) is 5.02. The van der Waals surface area contributed by atoms with E-state index in [9.17, 15) is 18.0 Å². The largest absolute Gasteiger partial charge is 0.416 e. The van der Waals surface area contributed by atoms with Gasteiger partial charge in [0.1, 0.15) is 23.0 Å². The lowest BCUT2D eigenvalue weighted by molar-refractivity contribution is -0.137. The standard InChI is InChI=1S/C24H27F3N6O2/c1-12(14-6-15(24(25,26)27)8-16(28)7-14)29-21-19-9-20(33-17-4-5-18(33)11-35-10-17)23(34)32(3)22(19)31-13(2)30-21/h6-9,12,17-18H,4-5,10-11,28H2,1-3H3,(H,29,30,31)/t12-,17?,18?/m1/s1. The molecule has 2 bridgehead atoms. The maximum atomic E-state index is 13.3.